The number of carbonyl (C=O) groups excluding carboxylic acids is 1. The van der Waals surface area contributed by atoms with Gasteiger partial charge in [-0.15, -0.1) is 0 Å². The minimum Gasteiger partial charge on any atom is -0.493 e. The fourth-order valence-electron chi connectivity index (χ4n) is 3.89. The lowest BCUT2D eigenvalue weighted by Crippen LogP contribution is -2.48. The number of rotatable bonds is 8. The highest BCUT2D eigenvalue weighted by atomic mass is 16.6. The van der Waals surface area contributed by atoms with Crippen LogP contribution in [0.2, 0.25) is 0 Å². The van der Waals surface area contributed by atoms with Crippen molar-refractivity contribution in [2.24, 2.45) is 5.92 Å². The van der Waals surface area contributed by atoms with E-state index in [-0.39, 0.29) is 17.9 Å². The second kappa shape index (κ2) is 10.3. The maximum atomic E-state index is 12.8. The molecule has 2 aliphatic rings. The first-order valence-electron chi connectivity index (χ1n) is 10.0. The Morgan fingerprint density at radius 2 is 2.10 bits per heavy atom. The van der Waals surface area contributed by atoms with Crippen LogP contribution in [0.1, 0.15) is 29.6 Å². The molecule has 1 amide bonds. The van der Waals surface area contributed by atoms with Crippen LogP contribution in [0.15, 0.2) is 12.1 Å². The molecular formula is C21H29N3O5. The van der Waals surface area contributed by atoms with E-state index >= 15 is 0 Å². The van der Waals surface area contributed by atoms with Crippen LogP contribution >= 0.6 is 0 Å². The molecule has 0 aromatic heterocycles. The monoisotopic (exact) mass is 403 g/mol. The van der Waals surface area contributed by atoms with Gasteiger partial charge >= 0.3 is 0 Å². The topological polar surface area (TPSA) is 93.1 Å². The predicted molar refractivity (Wildman–Crippen MR) is 107 cm³/mol. The summed E-state index contributed by atoms with van der Waals surface area (Å²) < 4.78 is 22.3. The molecule has 1 saturated heterocycles. The zero-order valence-corrected chi connectivity index (χ0v) is 17.1. The molecule has 2 atom stereocenters. The minimum absolute atomic E-state index is 0.0514. The average Bonchev–Trinajstić information content (AvgIpc) is 2.77. The van der Waals surface area contributed by atoms with Gasteiger partial charge in [-0.3, -0.25) is 4.79 Å². The molecule has 0 unspecified atom stereocenters. The average molecular weight is 403 g/mol. The smallest absolute Gasteiger partial charge is 0.255 e. The number of unbranched alkanes of at least 4 members (excludes halogenated alkanes) is 1. The minimum atomic E-state index is -0.194. The fraction of sp³-hybridized carbons (Fsp3) is 0.619. The van der Waals surface area contributed by atoms with E-state index in [0.29, 0.717) is 49.0 Å². The van der Waals surface area contributed by atoms with Gasteiger partial charge in [-0.05, 0) is 38.1 Å². The number of methoxy groups -OCH3 is 2. The number of hydrogen-bond donors (Lipinski definition) is 1. The molecule has 2 aliphatic heterocycles. The first-order valence-corrected chi connectivity index (χ1v) is 10.0. The number of ether oxygens (including phenoxy) is 4. The zero-order valence-electron chi connectivity index (χ0n) is 17.1. The molecule has 8 nitrogen and oxygen atoms in total. The summed E-state index contributed by atoms with van der Waals surface area (Å²) in [5, 5.41) is 11.7. The first kappa shape index (κ1) is 21.2. The Morgan fingerprint density at radius 3 is 2.83 bits per heavy atom. The number of piperidine rings is 1. The van der Waals surface area contributed by atoms with Crippen molar-refractivity contribution in [3.63, 3.8) is 0 Å². The van der Waals surface area contributed by atoms with Gasteiger partial charge in [0.2, 0.25) is 5.75 Å². The van der Waals surface area contributed by atoms with Crippen molar-refractivity contribution in [3.05, 3.63) is 17.7 Å². The summed E-state index contributed by atoms with van der Waals surface area (Å²) in [6.45, 7) is 4.03. The number of benzene rings is 1. The maximum absolute atomic E-state index is 12.8. The van der Waals surface area contributed by atoms with E-state index < -0.39 is 0 Å². The van der Waals surface area contributed by atoms with Crippen molar-refractivity contribution in [3.8, 4) is 23.3 Å². The molecule has 158 valence electrons. The van der Waals surface area contributed by atoms with Crippen LogP contribution in [-0.2, 0) is 4.74 Å². The van der Waals surface area contributed by atoms with Crippen molar-refractivity contribution in [1.29, 1.82) is 5.26 Å². The van der Waals surface area contributed by atoms with Crippen LogP contribution in [0.5, 0.6) is 17.2 Å². The van der Waals surface area contributed by atoms with Gasteiger partial charge in [0.15, 0.2) is 11.5 Å². The number of nitrogens with zero attached hydrogens (tertiary/aromatic N) is 2. The fourth-order valence-corrected chi connectivity index (χ4v) is 3.89. The van der Waals surface area contributed by atoms with Crippen LogP contribution in [0, 0.1) is 17.2 Å². The molecular weight excluding hydrogens is 374 g/mol. The third-order valence-corrected chi connectivity index (χ3v) is 5.49. The molecule has 0 aliphatic carbocycles. The molecule has 0 radical (unpaired) electrons. The van der Waals surface area contributed by atoms with Gasteiger partial charge in [-0.25, -0.2) is 0 Å². The van der Waals surface area contributed by atoms with E-state index in [2.05, 4.69) is 16.3 Å². The SMILES string of the molecule is COc1ccc(C(=O)NC[C@@H]2CCN(CCCC#N)C[C@H]2OC)c2c1OCCO2. The van der Waals surface area contributed by atoms with E-state index in [0.717, 1.165) is 32.5 Å². The molecule has 1 N–H and O–H groups in total. The number of nitrogens with one attached hydrogen (secondary N) is 1. The van der Waals surface area contributed by atoms with Crippen molar-refractivity contribution in [2.75, 3.05) is 53.6 Å². The lowest BCUT2D eigenvalue weighted by atomic mass is 9.93. The summed E-state index contributed by atoms with van der Waals surface area (Å²) in [4.78, 5) is 15.2. The van der Waals surface area contributed by atoms with Gasteiger partial charge in [0.25, 0.3) is 5.91 Å². The van der Waals surface area contributed by atoms with Crippen molar-refractivity contribution in [2.45, 2.75) is 25.4 Å². The van der Waals surface area contributed by atoms with Crippen LogP contribution in [0.25, 0.3) is 0 Å². The third kappa shape index (κ3) is 5.11. The van der Waals surface area contributed by atoms with Gasteiger partial charge < -0.3 is 29.2 Å². The summed E-state index contributed by atoms with van der Waals surface area (Å²) in [5.74, 6) is 1.51. The molecule has 0 bridgehead atoms. The van der Waals surface area contributed by atoms with Crippen LogP contribution < -0.4 is 19.5 Å². The Kier molecular flexibility index (Phi) is 7.55. The predicted octanol–water partition coefficient (Wildman–Crippen LogP) is 1.84. The maximum Gasteiger partial charge on any atom is 0.255 e. The quantitative estimate of drug-likeness (QED) is 0.662. The number of likely N-dealkylation sites (tertiary alicyclic amines) is 1. The second-order valence-electron chi connectivity index (χ2n) is 7.27. The highest BCUT2D eigenvalue weighted by molar-refractivity contribution is 5.98. The summed E-state index contributed by atoms with van der Waals surface area (Å²) in [5.41, 5.74) is 0.448. The summed E-state index contributed by atoms with van der Waals surface area (Å²) in [7, 11) is 3.27. The molecule has 3 rings (SSSR count). The molecule has 1 aromatic rings. The van der Waals surface area contributed by atoms with Crippen molar-refractivity contribution in [1.82, 2.24) is 10.2 Å². The number of nitriles is 1. The van der Waals surface area contributed by atoms with Gasteiger partial charge in [-0.1, -0.05) is 0 Å². The lowest BCUT2D eigenvalue weighted by Gasteiger charge is -2.37. The Bertz CT molecular complexity index is 749. The molecule has 1 aromatic carbocycles. The Labute approximate surface area is 171 Å². The highest BCUT2D eigenvalue weighted by Crippen LogP contribution is 2.41. The van der Waals surface area contributed by atoms with Gasteiger partial charge in [-0.2, -0.15) is 5.26 Å². The van der Waals surface area contributed by atoms with Gasteiger partial charge in [0.05, 0.1) is 24.8 Å². The van der Waals surface area contributed by atoms with E-state index in [4.69, 9.17) is 24.2 Å². The Morgan fingerprint density at radius 1 is 1.31 bits per heavy atom. The van der Waals surface area contributed by atoms with E-state index in [1.165, 1.54) is 0 Å². The van der Waals surface area contributed by atoms with Crippen molar-refractivity contribution < 1.29 is 23.7 Å². The van der Waals surface area contributed by atoms with Gasteiger partial charge in [0.1, 0.15) is 13.2 Å². The number of carbonyl (C=O) groups is 1. The number of fused-ring (bicyclic) bond motifs is 1. The van der Waals surface area contributed by atoms with Gasteiger partial charge in [0, 0.05) is 32.5 Å². The highest BCUT2D eigenvalue weighted by Gasteiger charge is 2.30. The Balaban J connectivity index is 1.59. The lowest BCUT2D eigenvalue weighted by molar-refractivity contribution is -0.0105. The normalized spacial score (nSPS) is 21.3. The van der Waals surface area contributed by atoms with Crippen molar-refractivity contribution >= 4 is 5.91 Å². The molecule has 29 heavy (non-hydrogen) atoms. The van der Waals surface area contributed by atoms with Crippen LogP contribution in [0.4, 0.5) is 0 Å². The Hall–Kier alpha value is -2.50. The molecule has 1 fully saturated rings. The zero-order chi connectivity index (χ0) is 20.6. The number of amides is 1. The summed E-state index contributed by atoms with van der Waals surface area (Å²) in [6, 6.07) is 5.61. The van der Waals surface area contributed by atoms with E-state index in [9.17, 15) is 4.79 Å². The van der Waals surface area contributed by atoms with E-state index in [1.807, 2.05) is 0 Å². The molecule has 0 saturated carbocycles. The van der Waals surface area contributed by atoms with Crippen LogP contribution in [0.3, 0.4) is 0 Å². The van der Waals surface area contributed by atoms with E-state index in [1.54, 1.807) is 26.4 Å². The van der Waals surface area contributed by atoms with Crippen LogP contribution in [-0.4, -0.2) is 70.5 Å². The largest absolute Gasteiger partial charge is 0.493 e. The number of hydrogen-bond acceptors (Lipinski definition) is 7. The third-order valence-electron chi connectivity index (χ3n) is 5.49. The first-order chi connectivity index (χ1) is 14.2. The molecule has 8 heteroatoms. The molecule has 2 heterocycles. The standard InChI is InChI=1S/C21H29N3O5/c1-26-17-6-5-16(19-20(17)29-12-11-28-19)21(25)23-13-15-7-10-24(9-4-3-8-22)14-18(15)27-2/h5-6,15,18H,3-4,7,9-14H2,1-2H3,(H,23,25)/t15-,18+/m0/s1. The molecule has 0 spiro atoms. The second-order valence-corrected chi connectivity index (χ2v) is 7.27. The summed E-state index contributed by atoms with van der Waals surface area (Å²) in [6.07, 6.45) is 2.44. The summed E-state index contributed by atoms with van der Waals surface area (Å²) >= 11 is 0.